The van der Waals surface area contributed by atoms with E-state index in [1.54, 1.807) is 0 Å². The molecule has 7 nitrogen and oxygen atoms in total. The minimum atomic E-state index is -0.408. The average molecular weight is 494 g/mol. The lowest BCUT2D eigenvalue weighted by molar-refractivity contribution is -0.147. The van der Waals surface area contributed by atoms with Crippen LogP contribution in [0.4, 0.5) is 0 Å². The molecule has 178 valence electrons. The Bertz CT molecular complexity index is 876. The van der Waals surface area contributed by atoms with Gasteiger partial charge in [-0.1, -0.05) is 54.6 Å². The van der Waals surface area contributed by atoms with Crippen LogP contribution in [0.25, 0.3) is 0 Å². The summed E-state index contributed by atoms with van der Waals surface area (Å²) < 4.78 is 0. The first-order valence-electron chi connectivity index (χ1n) is 12.0. The minimum absolute atomic E-state index is 0.109. The van der Waals surface area contributed by atoms with E-state index < -0.39 is 11.8 Å². The number of carbonyl (C=O) groups excluding carboxylic acids is 4. The molecular weight excluding hydrogens is 465 g/mol. The summed E-state index contributed by atoms with van der Waals surface area (Å²) in [4.78, 5) is 57.2. The van der Waals surface area contributed by atoms with Gasteiger partial charge in [-0.3, -0.25) is 33.9 Å². The normalized spacial score (nSPS) is 32.9. The maximum atomic E-state index is 13.1. The third-order valence-electron chi connectivity index (χ3n) is 8.06. The van der Waals surface area contributed by atoms with Crippen LogP contribution in [0, 0.1) is 23.7 Å². The minimum Gasteiger partial charge on any atom is -0.274 e. The Kier molecular flexibility index (Phi) is 6.40. The van der Waals surface area contributed by atoms with Crippen molar-refractivity contribution >= 4 is 46.8 Å². The predicted molar refractivity (Wildman–Crippen MR) is 122 cm³/mol. The molecule has 4 amide bonds. The van der Waals surface area contributed by atoms with E-state index in [1.165, 1.54) is 9.80 Å². The summed E-state index contributed by atoms with van der Waals surface area (Å²) in [6.07, 6.45) is 10.5. The molecule has 0 unspecified atom stereocenters. The van der Waals surface area contributed by atoms with Crippen LogP contribution in [0.2, 0.25) is 0 Å². The fourth-order valence-electron chi connectivity index (χ4n) is 6.16. The van der Waals surface area contributed by atoms with Gasteiger partial charge in [0.1, 0.15) is 0 Å². The molecule has 0 radical (unpaired) electrons. The maximum absolute atomic E-state index is 13.1. The van der Waals surface area contributed by atoms with Crippen LogP contribution < -0.4 is 0 Å². The summed E-state index contributed by atoms with van der Waals surface area (Å²) in [5, 5.41) is 1.26. The number of likely N-dealkylation sites (tertiary alicyclic amines) is 2. The van der Waals surface area contributed by atoms with Gasteiger partial charge in [0.15, 0.2) is 0 Å². The summed E-state index contributed by atoms with van der Waals surface area (Å²) in [7, 11) is 0. The molecule has 0 spiro atoms. The van der Waals surface area contributed by atoms with Crippen molar-refractivity contribution in [1.82, 2.24) is 14.7 Å². The zero-order valence-corrected chi connectivity index (χ0v) is 20.1. The van der Waals surface area contributed by atoms with Crippen LogP contribution in [-0.2, 0) is 19.2 Å². The van der Waals surface area contributed by atoms with Crippen molar-refractivity contribution in [3.05, 3.63) is 22.2 Å². The van der Waals surface area contributed by atoms with E-state index >= 15 is 0 Å². The molecule has 4 atom stereocenters. The van der Waals surface area contributed by atoms with Crippen molar-refractivity contribution in [2.24, 2.45) is 23.7 Å². The number of hydrogen-bond acceptors (Lipinski definition) is 5. The third kappa shape index (κ3) is 4.17. The Balaban J connectivity index is 1.35. The van der Waals surface area contributed by atoms with E-state index in [0.717, 1.165) is 32.1 Å². The molecule has 5 aliphatic rings. The number of allylic oxidation sites excluding steroid dienone is 4. The van der Waals surface area contributed by atoms with Gasteiger partial charge < -0.3 is 0 Å². The molecule has 3 fully saturated rings. The van der Waals surface area contributed by atoms with Crippen LogP contribution in [0.15, 0.2) is 22.2 Å². The first kappa shape index (κ1) is 23.1. The van der Waals surface area contributed by atoms with Crippen molar-refractivity contribution in [3.8, 4) is 0 Å². The third-order valence-corrected chi connectivity index (χ3v) is 8.68. The monoisotopic (exact) mass is 493 g/mol. The molecule has 2 aliphatic heterocycles. The fourth-order valence-corrected chi connectivity index (χ4v) is 6.67. The Morgan fingerprint density at radius 1 is 0.697 bits per heavy atom. The van der Waals surface area contributed by atoms with Crippen LogP contribution in [0.1, 0.15) is 57.8 Å². The van der Waals surface area contributed by atoms with Crippen molar-refractivity contribution in [2.75, 3.05) is 13.3 Å². The second-order valence-electron chi connectivity index (χ2n) is 9.98. The van der Waals surface area contributed by atoms with Gasteiger partial charge in [-0.2, -0.15) is 0 Å². The van der Waals surface area contributed by atoms with Gasteiger partial charge >= 0.3 is 0 Å². The van der Waals surface area contributed by atoms with E-state index in [1.807, 2.05) is 17.1 Å². The van der Waals surface area contributed by atoms with Gasteiger partial charge in [0.2, 0.25) is 23.6 Å². The number of nitrogens with zero attached hydrogens (tertiary/aromatic N) is 3. The van der Waals surface area contributed by atoms with Crippen molar-refractivity contribution < 1.29 is 19.2 Å². The van der Waals surface area contributed by atoms with Crippen LogP contribution in [0.5, 0.6) is 0 Å². The number of carbonyl (C=O) groups is 4. The molecule has 5 rings (SSSR count). The Morgan fingerprint density at radius 2 is 1.12 bits per heavy atom. The highest BCUT2D eigenvalue weighted by molar-refractivity contribution is 6.30. The van der Waals surface area contributed by atoms with Crippen LogP contribution in [-0.4, -0.2) is 57.7 Å². The van der Waals surface area contributed by atoms with Gasteiger partial charge in [-0.05, 0) is 38.5 Å². The van der Waals surface area contributed by atoms with Gasteiger partial charge in [-0.25, -0.2) is 0 Å². The van der Waals surface area contributed by atoms with Crippen LogP contribution >= 0.6 is 23.2 Å². The van der Waals surface area contributed by atoms with E-state index in [2.05, 4.69) is 0 Å². The SMILES string of the molecule is O=C1[C@H]2CC(Cl)=CC[C@H]2C(=O)N1CN(CN1C(=O)[C@H]2CC=C(Cl)C[C@H]2C1=O)C1CCCCC1. The van der Waals surface area contributed by atoms with E-state index in [-0.39, 0.29) is 54.8 Å². The summed E-state index contributed by atoms with van der Waals surface area (Å²) in [6, 6.07) is 0.119. The number of hydrogen-bond donors (Lipinski definition) is 0. The molecule has 0 N–H and O–H groups in total. The lowest BCUT2D eigenvalue weighted by atomic mass is 9.85. The Labute approximate surface area is 203 Å². The molecule has 9 heteroatoms. The highest BCUT2D eigenvalue weighted by atomic mass is 35.5. The van der Waals surface area contributed by atoms with Gasteiger partial charge in [-0.15, -0.1) is 0 Å². The van der Waals surface area contributed by atoms with Crippen LogP contribution in [0.3, 0.4) is 0 Å². The predicted octanol–water partition coefficient (Wildman–Crippen LogP) is 3.57. The topological polar surface area (TPSA) is 78.0 Å². The summed E-state index contributed by atoms with van der Waals surface area (Å²) >= 11 is 12.3. The van der Waals surface area contributed by atoms with E-state index in [4.69, 9.17) is 23.2 Å². The summed E-state index contributed by atoms with van der Waals surface area (Å²) in [5.74, 6) is -2.27. The van der Waals surface area contributed by atoms with Gasteiger partial charge in [0, 0.05) is 16.1 Å². The molecule has 33 heavy (non-hydrogen) atoms. The zero-order chi connectivity index (χ0) is 23.3. The number of amides is 4. The quantitative estimate of drug-likeness (QED) is 0.547. The Morgan fingerprint density at radius 3 is 1.58 bits per heavy atom. The molecule has 0 aromatic heterocycles. The molecule has 0 aromatic rings. The zero-order valence-electron chi connectivity index (χ0n) is 18.6. The maximum Gasteiger partial charge on any atom is 0.234 e. The highest BCUT2D eigenvalue weighted by Gasteiger charge is 2.51. The Hall–Kier alpha value is -1.70. The second-order valence-corrected chi connectivity index (χ2v) is 11.0. The first-order chi connectivity index (χ1) is 15.8. The largest absolute Gasteiger partial charge is 0.274 e. The number of rotatable bonds is 5. The first-order valence-corrected chi connectivity index (χ1v) is 12.7. The molecule has 2 heterocycles. The number of fused-ring (bicyclic) bond motifs is 2. The average Bonchev–Trinajstić information content (AvgIpc) is 3.18. The van der Waals surface area contributed by atoms with E-state index in [0.29, 0.717) is 35.7 Å². The lowest BCUT2D eigenvalue weighted by Crippen LogP contribution is -2.52. The van der Waals surface area contributed by atoms with Crippen molar-refractivity contribution in [2.45, 2.75) is 63.8 Å². The number of imide groups is 2. The highest BCUT2D eigenvalue weighted by Crippen LogP contribution is 2.41. The molecular formula is C24H29Cl2N3O4. The molecule has 0 aromatic carbocycles. The van der Waals surface area contributed by atoms with Crippen molar-refractivity contribution in [3.63, 3.8) is 0 Å². The molecule has 0 bridgehead atoms. The molecule has 3 aliphatic carbocycles. The molecule has 1 saturated carbocycles. The summed E-state index contributed by atoms with van der Waals surface area (Å²) in [6.45, 7) is 0.219. The number of halogens is 2. The lowest BCUT2D eigenvalue weighted by Gasteiger charge is -2.38. The van der Waals surface area contributed by atoms with E-state index in [9.17, 15) is 19.2 Å². The van der Waals surface area contributed by atoms with Crippen molar-refractivity contribution in [1.29, 1.82) is 0 Å². The summed E-state index contributed by atoms with van der Waals surface area (Å²) in [5.41, 5.74) is 0. The van der Waals surface area contributed by atoms with Gasteiger partial charge in [0.05, 0.1) is 37.0 Å². The second kappa shape index (κ2) is 9.16. The molecule has 2 saturated heterocycles. The smallest absolute Gasteiger partial charge is 0.234 e. The fraction of sp³-hybridized carbons (Fsp3) is 0.667. The standard InChI is InChI=1S/C24H29Cl2N3O4/c25-14-6-8-17-19(10-14)23(32)28(21(17)30)12-27(16-4-2-1-3-5-16)13-29-22(31)18-9-7-15(26)11-20(18)24(29)33/h6-7,16-20H,1-5,8-13H2/t17-,18+,19+,20-. The van der Waals surface area contributed by atoms with Gasteiger partial charge in [0.25, 0.3) is 0 Å².